The van der Waals surface area contributed by atoms with Crippen molar-refractivity contribution < 1.29 is 15.3 Å². The molecule has 2 aromatic carbocycles. The van der Waals surface area contributed by atoms with Crippen molar-refractivity contribution >= 4 is 45.3 Å². The second-order valence-corrected chi connectivity index (χ2v) is 13.6. The van der Waals surface area contributed by atoms with Gasteiger partial charge in [-0.05, 0) is 23.3 Å². The van der Waals surface area contributed by atoms with Crippen LogP contribution in [0.1, 0.15) is 22.3 Å². The lowest BCUT2D eigenvalue weighted by molar-refractivity contribution is 0.106. The fourth-order valence-corrected chi connectivity index (χ4v) is 8.59. The van der Waals surface area contributed by atoms with E-state index < -0.39 is 0 Å². The third-order valence-electron chi connectivity index (χ3n) is 8.03. The quantitative estimate of drug-likeness (QED) is 0.214. The molecule has 0 atom stereocenters. The average Bonchev–Trinajstić information content (AvgIpc) is 3.33. The van der Waals surface area contributed by atoms with Crippen LogP contribution in [-0.4, -0.2) is 114 Å². The Labute approximate surface area is 262 Å². The Bertz CT molecular complexity index is 1240. The van der Waals surface area contributed by atoms with Crippen LogP contribution in [-0.2, 0) is 19.5 Å². The number of nitrogens with zero attached hydrogens (tertiary/aromatic N) is 4. The molecular formula is C30H41ClN4O3S3. The number of β-amino-alcohol motifs (C(OH)–C–C–N with tert-alkyl or cyclic N) is 2. The van der Waals surface area contributed by atoms with Gasteiger partial charge in [0, 0.05) is 102 Å². The van der Waals surface area contributed by atoms with Gasteiger partial charge in [-0.2, -0.15) is 0 Å². The molecule has 3 heterocycles. The van der Waals surface area contributed by atoms with Gasteiger partial charge < -0.3 is 15.3 Å². The maximum atomic E-state index is 11.5. The first-order valence-electron chi connectivity index (χ1n) is 14.2. The van der Waals surface area contributed by atoms with E-state index in [0.29, 0.717) is 18.8 Å². The summed E-state index contributed by atoms with van der Waals surface area (Å²) in [6, 6.07) is 14.9. The minimum absolute atomic E-state index is 0. The maximum Gasteiger partial charge on any atom is 0.124 e. The van der Waals surface area contributed by atoms with Gasteiger partial charge in [-0.25, -0.2) is 0 Å². The summed E-state index contributed by atoms with van der Waals surface area (Å²) in [5.74, 6) is 0.405. The van der Waals surface area contributed by atoms with Crippen molar-refractivity contribution in [2.75, 3.05) is 78.7 Å². The normalized spacial score (nSPS) is 17.5. The van der Waals surface area contributed by atoms with E-state index in [9.17, 15) is 15.3 Å². The Morgan fingerprint density at radius 2 is 1.20 bits per heavy atom. The second-order valence-electron chi connectivity index (χ2n) is 10.8. The molecule has 0 saturated carbocycles. The van der Waals surface area contributed by atoms with Crippen molar-refractivity contribution in [1.82, 2.24) is 19.6 Å². The molecule has 2 fully saturated rings. The molecule has 224 valence electrons. The Hall–Kier alpha value is -1.44. The number of phenols is 1. The van der Waals surface area contributed by atoms with Gasteiger partial charge in [0.15, 0.2) is 0 Å². The third-order valence-corrected chi connectivity index (χ3v) is 11.2. The SMILES string of the molecule is Cl.OCCN1CCN(Cc2cc(-c3ssc(=S)c3Cc3ccccc3)cc(CN3CCN(CCO)CC3)c2O)CC1. The predicted octanol–water partition coefficient (Wildman–Crippen LogP) is 4.14. The van der Waals surface area contributed by atoms with Crippen LogP contribution in [0.2, 0.25) is 0 Å². The number of phenolic OH excluding ortho intramolecular Hbond substituents is 1. The molecule has 0 radical (unpaired) electrons. The van der Waals surface area contributed by atoms with Crippen LogP contribution in [0.25, 0.3) is 10.4 Å². The molecule has 5 rings (SSSR count). The highest BCUT2D eigenvalue weighted by atomic mass is 35.5. The molecular weight excluding hydrogens is 596 g/mol. The number of hydrogen-bond donors (Lipinski definition) is 3. The highest BCUT2D eigenvalue weighted by molar-refractivity contribution is 7.80. The highest BCUT2D eigenvalue weighted by Crippen LogP contribution is 2.40. The average molecular weight is 637 g/mol. The first-order valence-corrected chi connectivity index (χ1v) is 16.7. The van der Waals surface area contributed by atoms with E-state index in [-0.39, 0.29) is 25.6 Å². The van der Waals surface area contributed by atoms with Gasteiger partial charge in [0.1, 0.15) is 9.57 Å². The number of aromatic hydroxyl groups is 1. The maximum absolute atomic E-state index is 11.5. The number of aliphatic hydroxyl groups is 2. The molecule has 1 aromatic heterocycles. The standard InChI is InChI=1S/C30H40N4O3S3.ClH/c35-16-14-31-6-10-33(11-7-31)21-25-19-24(29-27(30(38)40-39-29)18-23-4-2-1-3-5-23)20-26(28(25)37)22-34-12-8-32(9-13-34)15-17-36;/h1-5,19-20,35-37H,6-18,21-22H2;1H. The molecule has 7 nitrogen and oxygen atoms in total. The molecule has 0 aliphatic carbocycles. The highest BCUT2D eigenvalue weighted by Gasteiger charge is 2.23. The van der Waals surface area contributed by atoms with Crippen LogP contribution in [0.4, 0.5) is 0 Å². The van der Waals surface area contributed by atoms with Crippen LogP contribution in [0.15, 0.2) is 42.5 Å². The van der Waals surface area contributed by atoms with Crippen LogP contribution in [0.3, 0.4) is 0 Å². The lowest BCUT2D eigenvalue weighted by Crippen LogP contribution is -2.47. The lowest BCUT2D eigenvalue weighted by Gasteiger charge is -2.35. The summed E-state index contributed by atoms with van der Waals surface area (Å²) < 4.78 is 0.944. The van der Waals surface area contributed by atoms with Crippen molar-refractivity contribution in [2.24, 2.45) is 0 Å². The summed E-state index contributed by atoms with van der Waals surface area (Å²) >= 11 is 5.81. The van der Waals surface area contributed by atoms with Gasteiger partial charge in [-0.3, -0.25) is 19.6 Å². The van der Waals surface area contributed by atoms with Crippen molar-refractivity contribution in [3.05, 3.63) is 68.5 Å². The Morgan fingerprint density at radius 3 is 1.68 bits per heavy atom. The van der Waals surface area contributed by atoms with Gasteiger partial charge in [0.25, 0.3) is 0 Å². The summed E-state index contributed by atoms with van der Waals surface area (Å²) in [5.41, 5.74) is 5.54. The Morgan fingerprint density at radius 1 is 0.707 bits per heavy atom. The Kier molecular flexibility index (Phi) is 12.6. The largest absolute Gasteiger partial charge is 0.507 e. The smallest absolute Gasteiger partial charge is 0.124 e. The van der Waals surface area contributed by atoms with Gasteiger partial charge in [-0.1, -0.05) is 63.2 Å². The molecule has 2 saturated heterocycles. The fraction of sp³-hybridized carbons (Fsp3) is 0.500. The number of aliphatic hydroxyl groups excluding tert-OH is 2. The van der Waals surface area contributed by atoms with Crippen LogP contribution >= 0.6 is 45.3 Å². The van der Waals surface area contributed by atoms with Crippen LogP contribution < -0.4 is 0 Å². The second kappa shape index (κ2) is 15.9. The summed E-state index contributed by atoms with van der Waals surface area (Å²) in [5, 5.41) is 30.2. The number of halogens is 1. The number of piperazine rings is 2. The van der Waals surface area contributed by atoms with E-state index >= 15 is 0 Å². The van der Waals surface area contributed by atoms with Crippen molar-refractivity contribution in [2.45, 2.75) is 19.5 Å². The zero-order valence-electron chi connectivity index (χ0n) is 23.4. The van der Waals surface area contributed by atoms with Crippen molar-refractivity contribution in [3.63, 3.8) is 0 Å². The van der Waals surface area contributed by atoms with Crippen LogP contribution in [0.5, 0.6) is 5.75 Å². The van der Waals surface area contributed by atoms with Gasteiger partial charge in [0.05, 0.1) is 18.1 Å². The minimum Gasteiger partial charge on any atom is -0.507 e. The molecule has 11 heteroatoms. The molecule has 2 aliphatic heterocycles. The number of rotatable bonds is 11. The number of benzene rings is 2. The zero-order valence-corrected chi connectivity index (χ0v) is 26.7. The first kappa shape index (κ1) is 32.5. The minimum atomic E-state index is 0. The van der Waals surface area contributed by atoms with Crippen molar-refractivity contribution in [3.8, 4) is 16.2 Å². The summed E-state index contributed by atoms with van der Waals surface area (Å²) in [7, 11) is 3.41. The van der Waals surface area contributed by atoms with Crippen molar-refractivity contribution in [1.29, 1.82) is 0 Å². The predicted molar refractivity (Wildman–Crippen MR) is 174 cm³/mol. The molecule has 0 spiro atoms. The van der Waals surface area contributed by atoms with E-state index in [1.165, 1.54) is 16.0 Å². The summed E-state index contributed by atoms with van der Waals surface area (Å²) in [6.07, 6.45) is 0.806. The Balaban J connectivity index is 0.00000387. The van der Waals surface area contributed by atoms with E-state index in [2.05, 4.69) is 56.0 Å². The van der Waals surface area contributed by atoms with E-state index in [1.807, 2.05) is 6.07 Å². The zero-order chi connectivity index (χ0) is 27.9. The van der Waals surface area contributed by atoms with E-state index in [4.69, 9.17) is 12.2 Å². The molecule has 0 bridgehead atoms. The molecule has 3 aromatic rings. The molecule has 41 heavy (non-hydrogen) atoms. The van der Waals surface area contributed by atoms with Gasteiger partial charge in [0.2, 0.25) is 0 Å². The first-order chi connectivity index (χ1) is 19.5. The summed E-state index contributed by atoms with van der Waals surface area (Å²) in [6.45, 7) is 10.6. The molecule has 0 amide bonds. The van der Waals surface area contributed by atoms with Gasteiger partial charge in [-0.15, -0.1) is 12.4 Å². The molecule has 0 unspecified atom stereocenters. The van der Waals surface area contributed by atoms with E-state index in [0.717, 1.165) is 92.4 Å². The fourth-order valence-electron chi connectivity index (χ4n) is 5.69. The number of hydrogen-bond acceptors (Lipinski definition) is 10. The molecule has 2 aliphatic rings. The topological polar surface area (TPSA) is 73.7 Å². The monoisotopic (exact) mass is 636 g/mol. The molecule has 3 N–H and O–H groups in total. The van der Waals surface area contributed by atoms with E-state index in [1.54, 1.807) is 20.7 Å². The lowest BCUT2D eigenvalue weighted by atomic mass is 9.98. The van der Waals surface area contributed by atoms with Crippen LogP contribution in [0, 0.1) is 3.82 Å². The summed E-state index contributed by atoms with van der Waals surface area (Å²) in [4.78, 5) is 10.6. The van der Waals surface area contributed by atoms with Gasteiger partial charge >= 0.3 is 0 Å². The third kappa shape index (κ3) is 8.57.